The average molecular weight is 438 g/mol. The Morgan fingerprint density at radius 3 is 2.84 bits per heavy atom. The van der Waals surface area contributed by atoms with Crippen molar-refractivity contribution in [2.75, 3.05) is 19.4 Å². The molecule has 1 aromatic carbocycles. The third-order valence-corrected chi connectivity index (χ3v) is 5.00. The number of carbonyl (C=O) groups excluding carboxylic acids is 1. The highest BCUT2D eigenvalue weighted by molar-refractivity contribution is 6.31. The van der Waals surface area contributed by atoms with Crippen LogP contribution in [-0.4, -0.2) is 45.7 Å². The number of halogens is 1. The van der Waals surface area contributed by atoms with Crippen LogP contribution in [0.4, 0.5) is 5.69 Å². The van der Waals surface area contributed by atoms with E-state index in [2.05, 4.69) is 35.6 Å². The molecule has 10 heteroatoms. The van der Waals surface area contributed by atoms with Gasteiger partial charge in [0.1, 0.15) is 23.5 Å². The number of amides is 1. The van der Waals surface area contributed by atoms with Crippen LogP contribution in [0.2, 0.25) is 5.02 Å². The zero-order valence-electron chi connectivity index (χ0n) is 17.1. The second kappa shape index (κ2) is 8.57. The van der Waals surface area contributed by atoms with Crippen molar-refractivity contribution >= 4 is 40.1 Å². The molecule has 3 heterocycles. The molecule has 3 N–H and O–H groups in total. The molecule has 0 radical (unpaired) electrons. The molecule has 4 aromatic rings. The molecule has 0 fully saturated rings. The monoisotopic (exact) mass is 437 g/mol. The number of benzene rings is 1. The van der Waals surface area contributed by atoms with Crippen molar-refractivity contribution in [1.82, 2.24) is 25.3 Å². The molecule has 3 aromatic heterocycles. The van der Waals surface area contributed by atoms with Gasteiger partial charge in [0.25, 0.3) is 5.91 Å². The van der Waals surface area contributed by atoms with Gasteiger partial charge in [-0.1, -0.05) is 11.6 Å². The number of aromatic nitrogens is 4. The quantitative estimate of drug-likeness (QED) is 0.396. The lowest BCUT2D eigenvalue weighted by atomic mass is 10.0. The Morgan fingerprint density at radius 1 is 1.29 bits per heavy atom. The summed E-state index contributed by atoms with van der Waals surface area (Å²) in [4.78, 5) is 33.4. The van der Waals surface area contributed by atoms with Gasteiger partial charge in [-0.3, -0.25) is 9.79 Å². The number of rotatable bonds is 6. The van der Waals surface area contributed by atoms with Crippen LogP contribution in [0.15, 0.2) is 52.5 Å². The smallest absolute Gasteiger partial charge is 0.255 e. The highest BCUT2D eigenvalue weighted by atomic mass is 35.5. The Hall–Kier alpha value is -3.72. The van der Waals surface area contributed by atoms with Crippen LogP contribution in [0.25, 0.3) is 11.2 Å². The Balaban J connectivity index is 1.70. The lowest BCUT2D eigenvalue weighted by Crippen LogP contribution is -2.26. The Bertz CT molecular complexity index is 1260. The first kappa shape index (κ1) is 20.5. The molecular formula is C21H20ClN7O2. The lowest BCUT2D eigenvalue weighted by Gasteiger charge is -2.12. The van der Waals surface area contributed by atoms with E-state index in [9.17, 15) is 4.79 Å². The molecule has 1 unspecified atom stereocenters. The number of hydrogen-bond acceptors (Lipinski definition) is 7. The third-order valence-electron chi connectivity index (χ3n) is 4.77. The summed E-state index contributed by atoms with van der Waals surface area (Å²) < 4.78 is 5.25. The van der Waals surface area contributed by atoms with E-state index in [4.69, 9.17) is 16.0 Å². The van der Waals surface area contributed by atoms with Gasteiger partial charge in [-0.2, -0.15) is 0 Å². The van der Waals surface area contributed by atoms with Gasteiger partial charge in [-0.25, -0.2) is 15.0 Å². The van der Waals surface area contributed by atoms with Gasteiger partial charge >= 0.3 is 0 Å². The molecule has 1 amide bonds. The van der Waals surface area contributed by atoms with E-state index in [0.29, 0.717) is 39.0 Å². The van der Waals surface area contributed by atoms with Gasteiger partial charge in [0, 0.05) is 36.6 Å². The predicted molar refractivity (Wildman–Crippen MR) is 119 cm³/mol. The van der Waals surface area contributed by atoms with Crippen LogP contribution < -0.4 is 10.6 Å². The lowest BCUT2D eigenvalue weighted by molar-refractivity contribution is 0.0935. The maximum absolute atomic E-state index is 12.9. The zero-order chi connectivity index (χ0) is 22.0. The van der Waals surface area contributed by atoms with E-state index < -0.39 is 6.04 Å². The highest BCUT2D eigenvalue weighted by Gasteiger charge is 2.21. The number of anilines is 1. The van der Waals surface area contributed by atoms with Crippen LogP contribution in [-0.2, 0) is 0 Å². The summed E-state index contributed by atoms with van der Waals surface area (Å²) in [5.74, 6) is 0.100. The molecule has 0 saturated heterocycles. The average Bonchev–Trinajstić information content (AvgIpc) is 3.45. The molecule has 0 bridgehead atoms. The Labute approximate surface area is 183 Å². The van der Waals surface area contributed by atoms with Crippen molar-refractivity contribution in [3.63, 3.8) is 0 Å². The molecular weight excluding hydrogens is 418 g/mol. The largest absolute Gasteiger partial charge is 0.447 e. The van der Waals surface area contributed by atoms with E-state index in [1.54, 1.807) is 39.5 Å². The normalized spacial score (nSPS) is 12.7. The van der Waals surface area contributed by atoms with Crippen LogP contribution >= 0.6 is 11.6 Å². The summed E-state index contributed by atoms with van der Waals surface area (Å²) >= 11 is 6.12. The van der Waals surface area contributed by atoms with E-state index in [1.807, 2.05) is 12.1 Å². The molecule has 4 rings (SSSR count). The second-order valence-electron chi connectivity index (χ2n) is 6.73. The van der Waals surface area contributed by atoms with Crippen molar-refractivity contribution in [2.45, 2.75) is 13.0 Å². The Morgan fingerprint density at radius 2 is 2.13 bits per heavy atom. The summed E-state index contributed by atoms with van der Waals surface area (Å²) in [6, 6.07) is 5.07. The molecule has 158 valence electrons. The summed E-state index contributed by atoms with van der Waals surface area (Å²) in [6.07, 6.45) is 6.19. The van der Waals surface area contributed by atoms with E-state index in [-0.39, 0.29) is 5.91 Å². The molecule has 1 atom stereocenters. The number of aromatic amines is 1. The highest BCUT2D eigenvalue weighted by Crippen LogP contribution is 2.24. The summed E-state index contributed by atoms with van der Waals surface area (Å²) in [6.45, 7) is 1.79. The third kappa shape index (κ3) is 3.99. The van der Waals surface area contributed by atoms with Gasteiger partial charge in [-0.05, 0) is 25.1 Å². The first-order valence-electron chi connectivity index (χ1n) is 9.51. The fourth-order valence-corrected chi connectivity index (χ4v) is 3.44. The number of nitrogens with zero attached hydrogens (tertiary/aromatic N) is 4. The van der Waals surface area contributed by atoms with E-state index in [0.717, 1.165) is 11.3 Å². The van der Waals surface area contributed by atoms with Crippen LogP contribution in [0.5, 0.6) is 0 Å². The van der Waals surface area contributed by atoms with Gasteiger partial charge in [0.2, 0.25) is 5.89 Å². The molecule has 9 nitrogen and oxygen atoms in total. The zero-order valence-corrected chi connectivity index (χ0v) is 17.9. The molecule has 31 heavy (non-hydrogen) atoms. The maximum atomic E-state index is 12.9. The standard InChI is InChI=1S/C21H20ClN7O2/c1-11(21-25-6-7-31-21)28-20(30)14-9-26-19-18(14)29-16(10-27-19)17(24-3)13-5-4-12(22)8-15(13)23-2/h4-11,23H,1-3H3,(H,26,27)(H,28,30)/b24-17+. The molecule has 0 aliphatic carbocycles. The van der Waals surface area contributed by atoms with E-state index in [1.165, 1.54) is 12.5 Å². The minimum Gasteiger partial charge on any atom is -0.447 e. The van der Waals surface area contributed by atoms with Gasteiger partial charge < -0.3 is 20.0 Å². The first-order valence-corrected chi connectivity index (χ1v) is 9.88. The number of oxazole rings is 1. The fourth-order valence-electron chi connectivity index (χ4n) is 3.27. The van der Waals surface area contributed by atoms with Crippen molar-refractivity contribution in [3.05, 3.63) is 70.8 Å². The number of nitrogens with one attached hydrogen (secondary N) is 3. The van der Waals surface area contributed by atoms with Crippen LogP contribution in [0, 0.1) is 0 Å². The molecule has 0 aliphatic heterocycles. The molecule has 0 spiro atoms. The second-order valence-corrected chi connectivity index (χ2v) is 7.17. The maximum Gasteiger partial charge on any atom is 0.255 e. The predicted octanol–water partition coefficient (Wildman–Crippen LogP) is 3.60. The molecule has 0 aliphatic rings. The SMILES string of the molecule is C/N=C(/c1cnc2[nH]cc(C(=O)NC(C)c3ncco3)c2n1)c1ccc(Cl)cc1NC. The van der Waals surface area contributed by atoms with Crippen molar-refractivity contribution < 1.29 is 9.21 Å². The first-order chi connectivity index (χ1) is 15.0. The summed E-state index contributed by atoms with van der Waals surface area (Å²) in [5, 5.41) is 6.58. The fraction of sp³-hybridized carbons (Fsp3) is 0.190. The number of fused-ring (bicyclic) bond motifs is 1. The number of aliphatic imine (C=N–C) groups is 1. The topological polar surface area (TPSA) is 121 Å². The van der Waals surface area contributed by atoms with Gasteiger partial charge in [-0.15, -0.1) is 0 Å². The van der Waals surface area contributed by atoms with Crippen LogP contribution in [0.3, 0.4) is 0 Å². The minimum atomic E-state index is -0.399. The number of carbonyl (C=O) groups is 1. The summed E-state index contributed by atoms with van der Waals surface area (Å²) in [7, 11) is 3.49. The van der Waals surface area contributed by atoms with Crippen molar-refractivity contribution in [1.29, 1.82) is 0 Å². The van der Waals surface area contributed by atoms with Crippen molar-refractivity contribution in [3.8, 4) is 0 Å². The van der Waals surface area contributed by atoms with Gasteiger partial charge in [0.05, 0.1) is 23.7 Å². The summed E-state index contributed by atoms with van der Waals surface area (Å²) in [5.41, 5.74) is 4.08. The number of H-pyrrole nitrogens is 1. The van der Waals surface area contributed by atoms with Crippen molar-refractivity contribution in [2.24, 2.45) is 4.99 Å². The van der Waals surface area contributed by atoms with Gasteiger partial charge in [0.15, 0.2) is 5.65 Å². The molecule has 0 saturated carbocycles. The van der Waals surface area contributed by atoms with Crippen LogP contribution in [0.1, 0.15) is 40.5 Å². The Kier molecular flexibility index (Phi) is 5.68. The number of hydrogen-bond donors (Lipinski definition) is 3. The minimum absolute atomic E-state index is 0.319. The van der Waals surface area contributed by atoms with E-state index >= 15 is 0 Å².